The normalized spacial score (nSPS) is 11.9. The number of fused-ring (bicyclic) bond motifs is 3. The van der Waals surface area contributed by atoms with Crippen LogP contribution >= 0.6 is 0 Å². The zero-order valence-corrected chi connectivity index (χ0v) is 40.0. The van der Waals surface area contributed by atoms with Crippen molar-refractivity contribution in [1.82, 2.24) is 0 Å². The molecule has 0 fully saturated rings. The molecule has 5 N–H and O–H groups in total. The first-order chi connectivity index (χ1) is 33.7. The summed E-state index contributed by atoms with van der Waals surface area (Å²) in [6.45, 7) is 1.77. The van der Waals surface area contributed by atoms with E-state index in [2.05, 4.69) is 25.2 Å². The minimum absolute atomic E-state index is 0. The zero-order valence-electron chi connectivity index (χ0n) is 39.3. The van der Waals surface area contributed by atoms with Gasteiger partial charge in [-0.1, -0.05) is 54.1 Å². The van der Waals surface area contributed by atoms with Gasteiger partial charge in [-0.3, -0.25) is 35.1 Å². The van der Waals surface area contributed by atoms with Crippen molar-refractivity contribution in [1.29, 1.82) is 0 Å². The van der Waals surface area contributed by atoms with Gasteiger partial charge >= 0.3 is 9.97 Å². The van der Waals surface area contributed by atoms with Crippen LogP contribution in [0.5, 0.6) is 23.0 Å². The number of aromatic hydroxyl groups is 4. The summed E-state index contributed by atoms with van der Waals surface area (Å²) in [5, 5.41) is 90.7. The van der Waals surface area contributed by atoms with Crippen LogP contribution in [0.25, 0.3) is 32.3 Å². The van der Waals surface area contributed by atoms with Crippen molar-refractivity contribution in [3.8, 4) is 23.0 Å². The standard InChI is InChI=1S/C23H17N5O11S2.C20H13N3O7S.Cr/c1-12-2-6-16(7-3-12)40(35,36)26-14-5-4-13-8-20(41(37,38)39)21(22(29)17(13)9-14)25-24-18-10-15(27(31)32)11-19(23(18)30)28(33)34;24-16-8-5-11-3-1-2-4-13(11)19(16)21-22-20-14-7-6-12(23(26)27)9-15(14)18(10-17(20)25)31(28,29)30;/h2-11,26,29-30H,1H3,(H,37,38,39);1-10,24-25H,(H,28,29,30);/p+1. The van der Waals surface area contributed by atoms with Crippen LogP contribution in [-0.2, 0) is 47.6 Å². The maximum atomic E-state index is 12.8. The predicted octanol–water partition coefficient (Wildman–Crippen LogP) is 9.46. The van der Waals surface area contributed by atoms with Crippen molar-refractivity contribution in [3.05, 3.63) is 157 Å². The summed E-state index contributed by atoms with van der Waals surface area (Å²) in [7, 11) is -14.5. The van der Waals surface area contributed by atoms with Crippen LogP contribution in [0.15, 0.2) is 156 Å². The van der Waals surface area contributed by atoms with E-state index in [0.29, 0.717) is 23.6 Å². The van der Waals surface area contributed by atoms with Crippen LogP contribution in [0, 0.1) is 37.3 Å². The molecular weight excluding hydrogens is 1060 g/mol. The van der Waals surface area contributed by atoms with E-state index in [4.69, 9.17) is 0 Å². The average molecular weight is 1100 g/mol. The molecule has 0 unspecified atom stereocenters. The van der Waals surface area contributed by atoms with Crippen molar-refractivity contribution in [3.63, 3.8) is 0 Å². The van der Waals surface area contributed by atoms with Crippen LogP contribution in [0.3, 0.4) is 0 Å². The summed E-state index contributed by atoms with van der Waals surface area (Å²) >= 11 is 0. The summed E-state index contributed by atoms with van der Waals surface area (Å²) in [5.41, 5.74) is -3.61. The number of benzene rings is 8. The van der Waals surface area contributed by atoms with Gasteiger partial charge in [0, 0.05) is 68.9 Å². The molecule has 0 aromatic heterocycles. The smallest absolute Gasteiger partial charge is 0.744 e. The number of phenols is 4. The molecule has 0 bridgehead atoms. The number of nitro benzene ring substituents is 3. The molecule has 0 spiro atoms. The number of aryl methyl sites for hydroxylation is 1. The molecule has 0 aliphatic heterocycles. The van der Waals surface area contributed by atoms with Crippen LogP contribution in [-0.4, -0.2) is 69.6 Å². The van der Waals surface area contributed by atoms with E-state index in [1.807, 2.05) is 0 Å². The second kappa shape index (κ2) is 20.5. The van der Waals surface area contributed by atoms with E-state index in [9.17, 15) is 85.1 Å². The van der Waals surface area contributed by atoms with E-state index < -0.39 is 101 Å². The molecule has 0 amide bonds. The van der Waals surface area contributed by atoms with Gasteiger partial charge in [-0.2, -0.15) is 0 Å². The molecule has 8 rings (SSSR count). The molecule has 73 heavy (non-hydrogen) atoms. The summed E-state index contributed by atoms with van der Waals surface area (Å²) in [5.74, 6) is -2.97. The van der Waals surface area contributed by atoms with E-state index in [1.54, 1.807) is 49.4 Å². The maximum Gasteiger partial charge on any atom is 1.00 e. The van der Waals surface area contributed by atoms with Gasteiger partial charge in [-0.25, -0.2) is 25.3 Å². The summed E-state index contributed by atoms with van der Waals surface area (Å²) < 4.78 is 98.7. The first-order valence-corrected chi connectivity index (χ1v) is 24.0. The van der Waals surface area contributed by atoms with Gasteiger partial charge in [0.15, 0.2) is 5.75 Å². The van der Waals surface area contributed by atoms with Crippen molar-refractivity contribution in [2.75, 3.05) is 4.72 Å². The quantitative estimate of drug-likeness (QED) is 0.0329. The Kier molecular flexibility index (Phi) is 15.1. The Morgan fingerprint density at radius 2 is 1.12 bits per heavy atom. The first kappa shape index (κ1) is 53.6. The second-order valence-electron chi connectivity index (χ2n) is 15.0. The number of sulfonamides is 1. The Labute approximate surface area is 424 Å². The van der Waals surface area contributed by atoms with Gasteiger partial charge in [0.2, 0.25) is 5.75 Å². The molecule has 0 saturated carbocycles. The van der Waals surface area contributed by atoms with Crippen molar-refractivity contribution in [2.45, 2.75) is 21.6 Å². The van der Waals surface area contributed by atoms with E-state index >= 15 is 0 Å². The Balaban J connectivity index is 0.000000392. The fourth-order valence-corrected chi connectivity index (χ4v) is 9.25. The van der Waals surface area contributed by atoms with Crippen LogP contribution in [0.1, 0.15) is 9.84 Å². The van der Waals surface area contributed by atoms with E-state index in [-0.39, 0.29) is 70.9 Å². The second-order valence-corrected chi connectivity index (χ2v) is 19.3. The molecule has 0 aliphatic rings. The number of nitrogens with one attached hydrogen (secondary N) is 1. The first-order valence-electron chi connectivity index (χ1n) is 19.7. The Hall–Kier alpha value is -8.76. The van der Waals surface area contributed by atoms with Crippen molar-refractivity contribution in [2.24, 2.45) is 20.5 Å². The number of hydrogen-bond donors (Lipinski definition) is 5. The molecule has 374 valence electrons. The predicted molar refractivity (Wildman–Crippen MR) is 255 cm³/mol. The zero-order chi connectivity index (χ0) is 52.6. The average Bonchev–Trinajstić information content (AvgIpc) is 3.31. The fourth-order valence-electron chi connectivity index (χ4n) is 6.86. The number of hydrogen-bond acceptors (Lipinski definition) is 22. The van der Waals surface area contributed by atoms with Crippen LogP contribution in [0.2, 0.25) is 0 Å². The van der Waals surface area contributed by atoms with Crippen LogP contribution in [0.4, 0.5) is 45.5 Å². The van der Waals surface area contributed by atoms with Gasteiger partial charge in [0.25, 0.3) is 21.4 Å². The number of phenolic OH excluding ortho intramolecular Hbond substituents is 4. The summed E-state index contributed by atoms with van der Waals surface area (Å²) in [6, 6.07) is 25.3. The number of rotatable bonds is 12. The van der Waals surface area contributed by atoms with Crippen LogP contribution < -0.4 is 4.72 Å². The Morgan fingerprint density at radius 3 is 1.74 bits per heavy atom. The summed E-state index contributed by atoms with van der Waals surface area (Å²) in [4.78, 5) is 28.5. The number of non-ortho nitro benzene ring substituents is 2. The van der Waals surface area contributed by atoms with Gasteiger partial charge in [-0.05, 0) is 60.2 Å². The molecule has 0 heterocycles. The molecule has 26 nitrogen and oxygen atoms in total. The number of azo groups is 2. The topological polar surface area (TPSA) is 420 Å². The molecule has 0 saturated heterocycles. The monoisotopic (exact) mass is 1100 g/mol. The number of nitrogens with zero attached hydrogens (tertiary/aromatic N) is 7. The minimum Gasteiger partial charge on any atom is -0.744 e. The molecule has 0 atom stereocenters. The van der Waals surface area contributed by atoms with Gasteiger partial charge < -0.3 is 29.5 Å². The number of anilines is 1. The summed E-state index contributed by atoms with van der Waals surface area (Å²) in [6.07, 6.45) is 0. The molecule has 0 radical (unpaired) electrons. The fraction of sp³-hybridized carbons (Fsp3) is 0.0233. The van der Waals surface area contributed by atoms with E-state index in [0.717, 1.165) is 35.2 Å². The SMILES string of the molecule is Cc1ccc(S(=O)(=O)Nc2ccc3cc(S(=O)(=O)[O-])c(N=Nc4cc([N+](=O)[O-])cc([N+](=O)[O-])c4O)c(O)c3c2)cc1.O=[N+]([O-])c1ccc2c(N=Nc3c(O)ccc4ccccc34)c(O)cc(S(=O)(=O)[O-])c2c1.[Cr].[H+].[H+].[H+]. The molecule has 30 heteroatoms. The molecule has 8 aromatic rings. The van der Waals surface area contributed by atoms with Gasteiger partial charge in [0.1, 0.15) is 54.5 Å². The van der Waals surface area contributed by atoms with Gasteiger partial charge in [0.05, 0.1) is 35.5 Å². The number of nitro groups is 3. The third-order valence-electron chi connectivity index (χ3n) is 10.3. The van der Waals surface area contributed by atoms with Crippen molar-refractivity contribution < 1.29 is 91.2 Å². The Bertz CT molecular complexity index is 4050. The largest absolute Gasteiger partial charge is 1.00 e. The minimum atomic E-state index is -5.34. The van der Waals surface area contributed by atoms with Crippen molar-refractivity contribution >= 4 is 108 Å². The van der Waals surface area contributed by atoms with E-state index in [1.165, 1.54) is 36.4 Å². The third kappa shape index (κ3) is 11.4. The van der Waals surface area contributed by atoms with Gasteiger partial charge in [-0.15, -0.1) is 20.5 Å². The molecule has 0 aliphatic carbocycles. The third-order valence-corrected chi connectivity index (χ3v) is 13.4. The molecule has 8 aromatic carbocycles. The maximum absolute atomic E-state index is 12.8. The Morgan fingerprint density at radius 1 is 0.521 bits per heavy atom. The molecular formula is C43H31CrN8O18S3+.